The number of fused-ring (bicyclic) bond motifs is 5. The maximum atomic E-state index is 13.3. The number of hydrogen-bond donors (Lipinski definition) is 1. The van der Waals surface area contributed by atoms with Gasteiger partial charge in [0, 0.05) is 55.9 Å². The summed E-state index contributed by atoms with van der Waals surface area (Å²) in [5.74, 6) is -4.21. The zero-order chi connectivity index (χ0) is 41.4. The number of ether oxygens (including phenoxy) is 5. The number of rotatable bonds is 11. The topological polar surface area (TPSA) is 152 Å². The molecule has 0 amide bonds. The van der Waals surface area contributed by atoms with E-state index in [4.69, 9.17) is 23.7 Å². The number of carbonyl (C=O) groups excluding carboxylic acids is 5. The first-order valence-electron chi connectivity index (χ1n) is 19.6. The van der Waals surface area contributed by atoms with E-state index < -0.39 is 93.9 Å². The van der Waals surface area contributed by atoms with Crippen LogP contribution in [0.25, 0.3) is 5.57 Å². The SMILES string of the molecule is CCCCSc1ccccc1/C(C)=C\[C@]1(O)C(C)=C[C@@H](OC(C)=O)[C@]2(C)C3[C@H](OC(C)=O)[C@H](OC(C)=O)[C@@]4(C(C)OC(C)=O)COC(=O)C=CC4[C@]3(C)CCC21. The zero-order valence-corrected chi connectivity index (χ0v) is 35.2. The Labute approximate surface area is 334 Å². The first-order chi connectivity index (χ1) is 26.3. The van der Waals surface area contributed by atoms with Crippen molar-refractivity contribution in [3.05, 3.63) is 59.7 Å². The second kappa shape index (κ2) is 16.5. The van der Waals surface area contributed by atoms with Crippen molar-refractivity contribution in [1.29, 1.82) is 0 Å². The van der Waals surface area contributed by atoms with Gasteiger partial charge in [0.2, 0.25) is 0 Å². The molecule has 4 aliphatic rings. The minimum absolute atomic E-state index is 0.315. The van der Waals surface area contributed by atoms with Gasteiger partial charge in [-0.3, -0.25) is 19.2 Å². The molecule has 12 heteroatoms. The number of thioether (sulfide) groups is 1. The van der Waals surface area contributed by atoms with Crippen LogP contribution in [-0.2, 0) is 47.7 Å². The summed E-state index contributed by atoms with van der Waals surface area (Å²) in [6.45, 7) is 16.4. The molecule has 4 unspecified atom stereocenters. The Morgan fingerprint density at radius 3 is 2.29 bits per heavy atom. The normalized spacial score (nSPS) is 35.6. The van der Waals surface area contributed by atoms with Gasteiger partial charge in [0.1, 0.15) is 30.5 Å². The maximum Gasteiger partial charge on any atom is 0.330 e. The molecule has 306 valence electrons. The van der Waals surface area contributed by atoms with Gasteiger partial charge in [-0.25, -0.2) is 4.79 Å². The monoisotopic (exact) mass is 794 g/mol. The van der Waals surface area contributed by atoms with Crippen LogP contribution in [0.5, 0.6) is 0 Å². The van der Waals surface area contributed by atoms with E-state index in [0.717, 1.165) is 34.6 Å². The first kappa shape index (κ1) is 43.2. The molecule has 0 radical (unpaired) electrons. The van der Waals surface area contributed by atoms with Crippen molar-refractivity contribution >= 4 is 47.2 Å². The van der Waals surface area contributed by atoms with Gasteiger partial charge in [0.05, 0.1) is 5.41 Å². The Morgan fingerprint density at radius 2 is 1.66 bits per heavy atom. The zero-order valence-electron chi connectivity index (χ0n) is 34.3. The van der Waals surface area contributed by atoms with Gasteiger partial charge in [-0.15, -0.1) is 11.8 Å². The molecule has 0 saturated heterocycles. The van der Waals surface area contributed by atoms with E-state index in [9.17, 15) is 29.1 Å². The highest BCUT2D eigenvalue weighted by atomic mass is 32.2. The Morgan fingerprint density at radius 1 is 1.00 bits per heavy atom. The third kappa shape index (κ3) is 7.60. The van der Waals surface area contributed by atoms with Crippen molar-refractivity contribution in [2.24, 2.45) is 34.0 Å². The van der Waals surface area contributed by atoms with E-state index in [2.05, 4.69) is 19.1 Å². The van der Waals surface area contributed by atoms with Gasteiger partial charge >= 0.3 is 29.8 Å². The number of allylic oxidation sites excluding steroid dienone is 2. The summed E-state index contributed by atoms with van der Waals surface area (Å²) in [7, 11) is 0. The number of unbranched alkanes of at least 4 members (excludes halogenated alkanes) is 1. The summed E-state index contributed by atoms with van der Waals surface area (Å²) in [4.78, 5) is 66.2. The lowest BCUT2D eigenvalue weighted by Gasteiger charge is -2.70. The number of esters is 5. The second-order valence-corrected chi connectivity index (χ2v) is 17.7. The van der Waals surface area contributed by atoms with Gasteiger partial charge < -0.3 is 28.8 Å². The quantitative estimate of drug-likeness (QED) is 0.0794. The van der Waals surface area contributed by atoms with Crippen LogP contribution in [-0.4, -0.2) is 77.3 Å². The lowest BCUT2D eigenvalue weighted by molar-refractivity contribution is -0.301. The second-order valence-electron chi connectivity index (χ2n) is 16.6. The molecule has 1 N–H and O–H groups in total. The number of hydrogen-bond acceptors (Lipinski definition) is 12. The van der Waals surface area contributed by atoms with E-state index in [-0.39, 0.29) is 6.61 Å². The van der Waals surface area contributed by atoms with Crippen molar-refractivity contribution < 1.29 is 52.8 Å². The van der Waals surface area contributed by atoms with Crippen LogP contribution in [0.15, 0.2) is 59.0 Å². The molecule has 11 nitrogen and oxygen atoms in total. The molecule has 56 heavy (non-hydrogen) atoms. The van der Waals surface area contributed by atoms with E-state index in [1.807, 2.05) is 45.9 Å². The fraction of sp³-hybridized carbons (Fsp3) is 0.614. The standard InChI is InChI=1S/C44H58O11S/c1-11-12-21-56-33-16-14-13-15-32(33)25(2)23-44(50)26(3)22-36(53-29(6)46)42(10)35(44)19-20-41(9)34-17-18-37(49)51-24-43(34,27(4)52-28(5)45)40(55-31(8)48)38(39(41)42)54-30(7)47/h13-18,22-23,27,34-36,38-40,50H,11-12,19-21,24H2,1-10H3/b25-23-/t27?,34?,35?,36-,38+,39?,40+,41+,42-,43-,44+/m1/s1. The lowest BCUT2D eigenvalue weighted by Crippen LogP contribution is -2.76. The highest BCUT2D eigenvalue weighted by Crippen LogP contribution is 2.72. The summed E-state index contributed by atoms with van der Waals surface area (Å²) < 4.78 is 30.4. The van der Waals surface area contributed by atoms with Crippen LogP contribution in [0.1, 0.15) is 100 Å². The minimum atomic E-state index is -1.56. The van der Waals surface area contributed by atoms with E-state index in [1.165, 1.54) is 33.8 Å². The van der Waals surface area contributed by atoms with Gasteiger partial charge in [-0.2, -0.15) is 0 Å². The molecule has 1 aliphatic heterocycles. The molecule has 11 atom stereocenters. The van der Waals surface area contributed by atoms with Crippen LogP contribution in [0.4, 0.5) is 0 Å². The fourth-order valence-electron chi connectivity index (χ4n) is 10.9. The number of cyclic esters (lactones) is 1. The smallest absolute Gasteiger partial charge is 0.330 e. The van der Waals surface area contributed by atoms with Gasteiger partial charge in [-0.05, 0) is 92.0 Å². The molecule has 1 aromatic carbocycles. The molecule has 3 aliphatic carbocycles. The van der Waals surface area contributed by atoms with E-state index in [0.29, 0.717) is 18.4 Å². The summed E-state index contributed by atoms with van der Waals surface area (Å²) in [6.07, 6.45) is 5.32. The summed E-state index contributed by atoms with van der Waals surface area (Å²) in [6, 6.07) is 8.13. The van der Waals surface area contributed by atoms with Crippen molar-refractivity contribution in [2.45, 2.75) is 130 Å². The molecule has 2 fully saturated rings. The first-order valence-corrected chi connectivity index (χ1v) is 20.6. The highest BCUT2D eigenvalue weighted by Gasteiger charge is 2.76. The summed E-state index contributed by atoms with van der Waals surface area (Å²) >= 11 is 1.78. The average Bonchev–Trinajstić information content (AvgIpc) is 3.28. The Kier molecular flexibility index (Phi) is 12.8. The predicted molar refractivity (Wildman–Crippen MR) is 211 cm³/mol. The van der Waals surface area contributed by atoms with Crippen LogP contribution in [0.2, 0.25) is 0 Å². The van der Waals surface area contributed by atoms with Crippen molar-refractivity contribution in [3.63, 3.8) is 0 Å². The molecular weight excluding hydrogens is 737 g/mol. The van der Waals surface area contributed by atoms with Crippen LogP contribution >= 0.6 is 11.8 Å². The fourth-order valence-corrected chi connectivity index (χ4v) is 12.1. The maximum absolute atomic E-state index is 13.3. The van der Waals surface area contributed by atoms with E-state index >= 15 is 0 Å². The molecule has 2 saturated carbocycles. The third-order valence-electron chi connectivity index (χ3n) is 13.1. The number of carbonyl (C=O) groups is 5. The van der Waals surface area contributed by atoms with Crippen LogP contribution in [0, 0.1) is 34.0 Å². The van der Waals surface area contributed by atoms with Gasteiger partial charge in [-0.1, -0.05) is 51.5 Å². The largest absolute Gasteiger partial charge is 0.462 e. The molecular formula is C44H58O11S. The average molecular weight is 795 g/mol. The van der Waals surface area contributed by atoms with E-state index in [1.54, 1.807) is 30.8 Å². The number of benzene rings is 1. The molecule has 0 bridgehead atoms. The van der Waals surface area contributed by atoms with Crippen molar-refractivity contribution in [3.8, 4) is 0 Å². The van der Waals surface area contributed by atoms with Crippen molar-refractivity contribution in [1.82, 2.24) is 0 Å². The predicted octanol–water partition coefficient (Wildman–Crippen LogP) is 7.19. The molecule has 0 spiro atoms. The highest BCUT2D eigenvalue weighted by molar-refractivity contribution is 7.99. The molecule has 0 aromatic heterocycles. The minimum Gasteiger partial charge on any atom is -0.462 e. The Balaban J connectivity index is 1.80. The van der Waals surface area contributed by atoms with Crippen molar-refractivity contribution in [2.75, 3.05) is 12.4 Å². The summed E-state index contributed by atoms with van der Waals surface area (Å²) in [5.41, 5.74) is -2.60. The Hall–Kier alpha value is -3.90. The van der Waals surface area contributed by atoms with Crippen LogP contribution < -0.4 is 0 Å². The molecule has 5 rings (SSSR count). The summed E-state index contributed by atoms with van der Waals surface area (Å²) in [5, 5.41) is 13.3. The van der Waals surface area contributed by atoms with Gasteiger partial charge in [0.15, 0.2) is 6.10 Å². The molecule has 1 heterocycles. The lowest BCUT2D eigenvalue weighted by atomic mass is 9.36. The van der Waals surface area contributed by atoms with Gasteiger partial charge in [0.25, 0.3) is 0 Å². The molecule has 1 aromatic rings. The third-order valence-corrected chi connectivity index (χ3v) is 14.3. The van der Waals surface area contributed by atoms with Crippen LogP contribution in [0.3, 0.4) is 0 Å². The Bertz CT molecular complexity index is 1820. The number of aliphatic hydroxyl groups is 1.